The first-order valence-corrected chi connectivity index (χ1v) is 11.8. The molecule has 3 rings (SSSR count). The van der Waals surface area contributed by atoms with E-state index in [1.165, 1.54) is 24.3 Å². The number of hydrogen-bond donors (Lipinski definition) is 1. The fourth-order valence-corrected chi connectivity index (χ4v) is 4.28. The van der Waals surface area contributed by atoms with Gasteiger partial charge in [0, 0.05) is 22.8 Å². The second kappa shape index (κ2) is 10.5. The minimum Gasteiger partial charge on any atom is -0.378 e. The molecule has 172 valence electrons. The molecule has 0 atom stereocenters. The van der Waals surface area contributed by atoms with Crippen LogP contribution < -0.4 is 9.50 Å². The highest BCUT2D eigenvalue weighted by molar-refractivity contribution is 9.10. The number of hydrogen-bond acceptors (Lipinski definition) is 7. The molecule has 34 heavy (non-hydrogen) atoms. The summed E-state index contributed by atoms with van der Waals surface area (Å²) in [7, 11) is -4.26. The number of carbonyl (C=O) groups excluding carboxylic acids is 1. The van der Waals surface area contributed by atoms with Crippen LogP contribution in [-0.4, -0.2) is 19.2 Å². The molecule has 0 fully saturated rings. The number of nitrogens with one attached hydrogen (secondary N) is 1. The highest BCUT2D eigenvalue weighted by atomic mass is 79.9. The third-order valence-corrected chi connectivity index (χ3v) is 6.39. The Morgan fingerprint density at radius 1 is 1.12 bits per heavy atom. The Kier molecular flexibility index (Phi) is 7.68. The molecule has 0 aliphatic heterocycles. The molecule has 0 unspecified atom stereocenters. The van der Waals surface area contributed by atoms with Gasteiger partial charge in [0.2, 0.25) is 0 Å². The van der Waals surface area contributed by atoms with Crippen LogP contribution in [0.25, 0.3) is 6.08 Å². The molecule has 0 radical (unpaired) electrons. The number of benzene rings is 3. The summed E-state index contributed by atoms with van der Waals surface area (Å²) >= 11 is 9.02. The Morgan fingerprint density at radius 2 is 1.76 bits per heavy atom. The minimum atomic E-state index is -4.26. The van der Waals surface area contributed by atoms with E-state index >= 15 is 0 Å². The van der Waals surface area contributed by atoms with E-state index in [1.54, 1.807) is 24.3 Å². The number of nitro benzene ring substituents is 1. The number of amides is 1. The second-order valence-electron chi connectivity index (χ2n) is 6.61. The van der Waals surface area contributed by atoms with Gasteiger partial charge in [-0.3, -0.25) is 14.9 Å². The lowest BCUT2D eigenvalue weighted by molar-refractivity contribution is -0.384. The van der Waals surface area contributed by atoms with Crippen molar-refractivity contribution >= 4 is 61.0 Å². The second-order valence-corrected chi connectivity index (χ2v) is 9.45. The number of carbonyl (C=O) groups is 1. The molecule has 0 saturated heterocycles. The molecule has 0 saturated carbocycles. The number of non-ortho nitro benzene ring substituents is 1. The molecule has 0 heterocycles. The molecule has 1 N–H and O–H groups in total. The molecule has 0 aliphatic carbocycles. The first-order chi connectivity index (χ1) is 16.1. The molecule has 3 aromatic carbocycles. The van der Waals surface area contributed by atoms with Crippen LogP contribution >= 0.6 is 27.5 Å². The van der Waals surface area contributed by atoms with Gasteiger partial charge in [0.1, 0.15) is 16.5 Å². The predicted molar refractivity (Wildman–Crippen MR) is 129 cm³/mol. The molecule has 0 aliphatic rings. The summed E-state index contributed by atoms with van der Waals surface area (Å²) in [5.41, 5.74) is 0.436. The van der Waals surface area contributed by atoms with E-state index in [0.29, 0.717) is 16.3 Å². The molecule has 12 heteroatoms. The summed E-state index contributed by atoms with van der Waals surface area (Å²) in [5, 5.41) is 23.2. The van der Waals surface area contributed by atoms with Gasteiger partial charge in [-0.1, -0.05) is 17.7 Å². The summed E-state index contributed by atoms with van der Waals surface area (Å²) < 4.78 is 30.4. The van der Waals surface area contributed by atoms with Crippen molar-refractivity contribution in [2.75, 3.05) is 5.32 Å². The highest BCUT2D eigenvalue weighted by Gasteiger charge is 2.20. The quantitative estimate of drug-likeness (QED) is 0.135. The highest BCUT2D eigenvalue weighted by Crippen LogP contribution is 2.30. The van der Waals surface area contributed by atoms with E-state index < -0.39 is 20.9 Å². The lowest BCUT2D eigenvalue weighted by Crippen LogP contribution is -2.13. The van der Waals surface area contributed by atoms with Crippen LogP contribution in [0.1, 0.15) is 5.56 Å². The van der Waals surface area contributed by atoms with Crippen LogP contribution in [0.15, 0.2) is 81.7 Å². The van der Waals surface area contributed by atoms with Crippen molar-refractivity contribution in [3.63, 3.8) is 0 Å². The van der Waals surface area contributed by atoms with E-state index in [2.05, 4.69) is 21.2 Å². The third kappa shape index (κ3) is 6.20. The maximum atomic E-state index is 12.5. The summed E-state index contributed by atoms with van der Waals surface area (Å²) in [4.78, 5) is 22.2. The smallest absolute Gasteiger partial charge is 0.339 e. The van der Waals surface area contributed by atoms with Gasteiger partial charge in [-0.05, 0) is 76.1 Å². The zero-order chi connectivity index (χ0) is 24.9. The van der Waals surface area contributed by atoms with Crippen molar-refractivity contribution in [2.45, 2.75) is 4.90 Å². The van der Waals surface area contributed by atoms with Gasteiger partial charge in [-0.15, -0.1) is 0 Å². The van der Waals surface area contributed by atoms with E-state index in [9.17, 15) is 28.6 Å². The normalized spacial score (nSPS) is 11.4. The third-order valence-electron chi connectivity index (χ3n) is 4.27. The minimum absolute atomic E-state index is 0.0559. The van der Waals surface area contributed by atoms with Crippen LogP contribution in [0.5, 0.6) is 5.75 Å². The average molecular weight is 563 g/mol. The van der Waals surface area contributed by atoms with Crippen LogP contribution in [-0.2, 0) is 14.9 Å². The number of anilines is 1. The summed E-state index contributed by atoms with van der Waals surface area (Å²) in [5.74, 6) is -0.693. The van der Waals surface area contributed by atoms with Crippen LogP contribution in [0, 0.1) is 21.4 Å². The number of rotatable bonds is 7. The van der Waals surface area contributed by atoms with Gasteiger partial charge < -0.3 is 9.50 Å². The maximum Gasteiger partial charge on any atom is 0.339 e. The molecule has 0 aromatic heterocycles. The fraction of sp³-hybridized carbons (Fsp3) is 0. The van der Waals surface area contributed by atoms with Gasteiger partial charge in [0.05, 0.1) is 9.40 Å². The van der Waals surface area contributed by atoms with Gasteiger partial charge in [-0.25, -0.2) is 0 Å². The zero-order valence-electron chi connectivity index (χ0n) is 16.9. The Morgan fingerprint density at radius 3 is 2.32 bits per heavy atom. The van der Waals surface area contributed by atoms with Crippen molar-refractivity contribution < 1.29 is 22.3 Å². The lowest BCUT2D eigenvalue weighted by atomic mass is 10.1. The van der Waals surface area contributed by atoms with E-state index in [1.807, 2.05) is 6.07 Å². The van der Waals surface area contributed by atoms with E-state index in [-0.39, 0.29) is 26.4 Å². The average Bonchev–Trinajstić information content (AvgIpc) is 2.80. The number of nitrogens with zero attached hydrogens (tertiary/aromatic N) is 2. The lowest BCUT2D eigenvalue weighted by Gasteiger charge is -2.09. The Hall–Kier alpha value is -3.72. The summed E-state index contributed by atoms with van der Waals surface area (Å²) in [6.45, 7) is 0. The van der Waals surface area contributed by atoms with E-state index in [4.69, 9.17) is 15.8 Å². The van der Waals surface area contributed by atoms with Gasteiger partial charge in [-0.2, -0.15) is 13.7 Å². The van der Waals surface area contributed by atoms with Crippen molar-refractivity contribution in [3.05, 3.63) is 97.5 Å². The number of nitriles is 1. The van der Waals surface area contributed by atoms with Gasteiger partial charge in [0.25, 0.3) is 11.6 Å². The number of halogens is 2. The van der Waals surface area contributed by atoms with Crippen LogP contribution in [0.3, 0.4) is 0 Å². The Labute approximate surface area is 207 Å². The predicted octanol–water partition coefficient (Wildman–Crippen LogP) is 5.32. The topological polar surface area (TPSA) is 139 Å². The maximum absolute atomic E-state index is 12.5. The molecule has 1 amide bonds. The fourth-order valence-electron chi connectivity index (χ4n) is 2.62. The SMILES string of the molecule is N#C/C(=C/c1ccc(OS(=O)(=O)c2ccc([N+](=O)[O-])cc2)c(Br)c1)C(=O)Nc1ccc(Cl)cc1. The van der Waals surface area contributed by atoms with Gasteiger partial charge >= 0.3 is 10.1 Å². The van der Waals surface area contributed by atoms with Crippen LogP contribution in [0.2, 0.25) is 5.02 Å². The first kappa shape index (κ1) is 24.9. The zero-order valence-corrected chi connectivity index (χ0v) is 20.1. The standard InChI is InChI=1S/C22H13BrClN3O6S/c23-20-12-14(11-15(13-25)22(28)26-17-4-2-16(24)3-5-17)1-10-21(20)33-34(31,32)19-8-6-18(7-9-19)27(29)30/h1-12H,(H,26,28)/b15-11-. The summed E-state index contributed by atoms with van der Waals surface area (Å²) in [6, 6.07) is 16.7. The largest absolute Gasteiger partial charge is 0.378 e. The van der Waals surface area contributed by atoms with Crippen molar-refractivity contribution in [3.8, 4) is 11.8 Å². The molecular weight excluding hydrogens is 550 g/mol. The molecule has 3 aromatic rings. The molecule has 9 nitrogen and oxygen atoms in total. The first-order valence-electron chi connectivity index (χ1n) is 9.26. The monoisotopic (exact) mass is 561 g/mol. The Balaban J connectivity index is 1.78. The molecule has 0 spiro atoms. The Bertz CT molecular complexity index is 1430. The van der Waals surface area contributed by atoms with Crippen molar-refractivity contribution in [1.82, 2.24) is 0 Å². The van der Waals surface area contributed by atoms with E-state index in [0.717, 1.165) is 24.3 Å². The number of nitro groups is 1. The summed E-state index contributed by atoms with van der Waals surface area (Å²) in [6.07, 6.45) is 1.32. The van der Waals surface area contributed by atoms with Gasteiger partial charge in [0.15, 0.2) is 5.75 Å². The van der Waals surface area contributed by atoms with Crippen LogP contribution in [0.4, 0.5) is 11.4 Å². The molecule has 0 bridgehead atoms. The van der Waals surface area contributed by atoms with Crippen molar-refractivity contribution in [2.24, 2.45) is 0 Å². The molecular formula is C22H13BrClN3O6S. The van der Waals surface area contributed by atoms with Crippen molar-refractivity contribution in [1.29, 1.82) is 5.26 Å².